The van der Waals surface area contributed by atoms with Crippen LogP contribution in [0, 0.1) is 6.92 Å². The van der Waals surface area contributed by atoms with Gasteiger partial charge in [0.25, 0.3) is 5.65 Å². The number of hydrogen-bond donors (Lipinski definition) is 0. The van der Waals surface area contributed by atoms with Crippen LogP contribution in [0.3, 0.4) is 0 Å². The van der Waals surface area contributed by atoms with Crippen LogP contribution in [0.15, 0.2) is 36.9 Å². The summed E-state index contributed by atoms with van der Waals surface area (Å²) in [5.74, 6) is 1.82. The Morgan fingerprint density at radius 2 is 2.05 bits per heavy atom. The monoisotopic (exact) mass is 267 g/mol. The van der Waals surface area contributed by atoms with Gasteiger partial charge in [-0.1, -0.05) is 0 Å². The number of fused-ring (bicyclic) bond motifs is 6. The van der Waals surface area contributed by atoms with Gasteiger partial charge in [0.1, 0.15) is 18.1 Å². The molecule has 0 aliphatic rings. The Morgan fingerprint density at radius 1 is 1.20 bits per heavy atom. The fourth-order valence-electron chi connectivity index (χ4n) is 2.98. The molecule has 20 heavy (non-hydrogen) atoms. The highest BCUT2D eigenvalue weighted by molar-refractivity contribution is 5.96. The van der Waals surface area contributed by atoms with Crippen molar-refractivity contribution in [2.24, 2.45) is 7.05 Å². The summed E-state index contributed by atoms with van der Waals surface area (Å²) in [5.41, 5.74) is 3.40. The Labute approximate surface area is 115 Å². The summed E-state index contributed by atoms with van der Waals surface area (Å²) in [5, 5.41) is 1.18. The van der Waals surface area contributed by atoms with Crippen molar-refractivity contribution in [3.63, 3.8) is 0 Å². The van der Waals surface area contributed by atoms with E-state index < -0.39 is 0 Å². The molecule has 0 radical (unpaired) electrons. The van der Waals surface area contributed by atoms with Crippen LogP contribution in [0.2, 0.25) is 0 Å². The predicted octanol–water partition coefficient (Wildman–Crippen LogP) is 1.88. The summed E-state index contributed by atoms with van der Waals surface area (Å²) in [6, 6.07) is 4.10. The zero-order valence-electron chi connectivity index (χ0n) is 11.7. The summed E-state index contributed by atoms with van der Waals surface area (Å²) in [6.07, 6.45) is 7.90. The maximum Gasteiger partial charge on any atom is 0.311 e. The standard InChI is InChI=1S/C15H15N4O/c1-10-12(20-3)5-4-11-13(10)14-17(2)8-9-19(14)15-16-6-7-18(11)15/h4-9H,1-3H3/q+1. The number of benzene rings is 1. The smallest absolute Gasteiger partial charge is 0.311 e. The first-order valence-corrected chi connectivity index (χ1v) is 6.51. The van der Waals surface area contributed by atoms with Crippen LogP contribution in [-0.4, -0.2) is 20.9 Å². The van der Waals surface area contributed by atoms with Crippen molar-refractivity contribution in [1.29, 1.82) is 0 Å². The van der Waals surface area contributed by atoms with Crippen molar-refractivity contribution in [2.45, 2.75) is 6.92 Å². The van der Waals surface area contributed by atoms with E-state index in [0.29, 0.717) is 0 Å². The summed E-state index contributed by atoms with van der Waals surface area (Å²) >= 11 is 0. The van der Waals surface area contributed by atoms with Crippen LogP contribution in [-0.2, 0) is 7.05 Å². The van der Waals surface area contributed by atoms with Crippen LogP contribution >= 0.6 is 0 Å². The second-order valence-corrected chi connectivity index (χ2v) is 4.99. The van der Waals surface area contributed by atoms with E-state index in [4.69, 9.17) is 4.74 Å². The molecule has 1 aromatic carbocycles. The van der Waals surface area contributed by atoms with Crippen molar-refractivity contribution < 1.29 is 9.30 Å². The molecule has 3 heterocycles. The fraction of sp³-hybridized carbons (Fsp3) is 0.200. The molecule has 0 amide bonds. The average Bonchev–Trinajstić information content (AvgIpc) is 3.06. The van der Waals surface area contributed by atoms with Crippen molar-refractivity contribution in [3.8, 4) is 5.75 Å². The first kappa shape index (κ1) is 11.3. The van der Waals surface area contributed by atoms with Crippen LogP contribution in [0.25, 0.3) is 22.3 Å². The lowest BCUT2D eigenvalue weighted by atomic mass is 10.1. The highest BCUT2D eigenvalue weighted by Gasteiger charge is 2.20. The topological polar surface area (TPSA) is 34.8 Å². The molecule has 0 saturated carbocycles. The molecule has 0 atom stereocenters. The van der Waals surface area contributed by atoms with E-state index >= 15 is 0 Å². The summed E-state index contributed by atoms with van der Waals surface area (Å²) in [7, 11) is 3.76. The van der Waals surface area contributed by atoms with Gasteiger partial charge in [-0.15, -0.1) is 0 Å². The van der Waals surface area contributed by atoms with E-state index in [0.717, 1.165) is 28.3 Å². The van der Waals surface area contributed by atoms with Crippen molar-refractivity contribution in [2.75, 3.05) is 7.11 Å². The Kier molecular flexibility index (Phi) is 2.10. The van der Waals surface area contributed by atoms with Crippen molar-refractivity contribution in [1.82, 2.24) is 13.8 Å². The molecule has 0 aliphatic heterocycles. The molecule has 100 valence electrons. The van der Waals surface area contributed by atoms with E-state index in [1.54, 1.807) is 7.11 Å². The molecule has 3 aromatic heterocycles. The Balaban J connectivity index is 2.41. The lowest BCUT2D eigenvalue weighted by molar-refractivity contribution is -0.643. The van der Waals surface area contributed by atoms with Crippen molar-refractivity contribution in [3.05, 3.63) is 42.5 Å². The largest absolute Gasteiger partial charge is 0.496 e. The number of aryl methyl sites for hydroxylation is 2. The maximum absolute atomic E-state index is 5.47. The maximum atomic E-state index is 5.47. The van der Waals surface area contributed by atoms with E-state index in [1.807, 2.05) is 37.9 Å². The zero-order valence-corrected chi connectivity index (χ0v) is 11.7. The van der Waals surface area contributed by atoms with E-state index in [9.17, 15) is 0 Å². The molecule has 0 unspecified atom stereocenters. The molecule has 0 aliphatic carbocycles. The molecule has 0 fully saturated rings. The second kappa shape index (κ2) is 3.72. The molecule has 0 saturated heterocycles. The quantitative estimate of drug-likeness (QED) is 0.494. The van der Waals surface area contributed by atoms with E-state index in [-0.39, 0.29) is 0 Å². The van der Waals surface area contributed by atoms with Crippen molar-refractivity contribution >= 4 is 22.3 Å². The third-order valence-electron chi connectivity index (χ3n) is 3.93. The third-order valence-corrected chi connectivity index (χ3v) is 3.93. The normalized spacial score (nSPS) is 11.8. The van der Waals surface area contributed by atoms with Crippen LogP contribution in [0.1, 0.15) is 5.56 Å². The lowest BCUT2D eigenvalue weighted by Gasteiger charge is -2.09. The summed E-state index contributed by atoms with van der Waals surface area (Å²) in [4.78, 5) is 4.46. The van der Waals surface area contributed by atoms with Crippen LogP contribution < -0.4 is 9.30 Å². The first-order chi connectivity index (χ1) is 9.72. The lowest BCUT2D eigenvalue weighted by Crippen LogP contribution is -2.26. The highest BCUT2D eigenvalue weighted by Crippen LogP contribution is 2.30. The third kappa shape index (κ3) is 1.22. The zero-order chi connectivity index (χ0) is 13.9. The van der Waals surface area contributed by atoms with Gasteiger partial charge in [-0.3, -0.25) is 4.40 Å². The van der Waals surface area contributed by atoms with Gasteiger partial charge in [0.05, 0.1) is 25.1 Å². The van der Waals surface area contributed by atoms with Gasteiger partial charge in [0.2, 0.25) is 0 Å². The van der Waals surface area contributed by atoms with E-state index in [2.05, 4.69) is 31.3 Å². The predicted molar refractivity (Wildman–Crippen MR) is 76.1 cm³/mol. The minimum atomic E-state index is 0.903. The SMILES string of the molecule is COc1ccc2c(c1C)c1n(cc[n+]1C)c1nccn21. The van der Waals surface area contributed by atoms with Gasteiger partial charge >= 0.3 is 5.78 Å². The molecule has 4 rings (SSSR count). The summed E-state index contributed by atoms with van der Waals surface area (Å²) in [6.45, 7) is 2.09. The number of imidazole rings is 2. The molecule has 0 spiro atoms. The van der Waals surface area contributed by atoms with Gasteiger partial charge in [0.15, 0.2) is 0 Å². The van der Waals surface area contributed by atoms with Gasteiger partial charge in [-0.2, -0.15) is 9.38 Å². The van der Waals surface area contributed by atoms with Gasteiger partial charge < -0.3 is 4.74 Å². The molecule has 0 bridgehead atoms. The van der Waals surface area contributed by atoms with Crippen LogP contribution in [0.4, 0.5) is 0 Å². The molecule has 4 aromatic rings. The number of ether oxygens (including phenoxy) is 1. The van der Waals surface area contributed by atoms with Gasteiger partial charge in [-0.25, -0.2) is 4.57 Å². The minimum absolute atomic E-state index is 0.903. The Hall–Kier alpha value is -2.56. The number of aromatic nitrogens is 4. The second-order valence-electron chi connectivity index (χ2n) is 4.99. The molecule has 0 N–H and O–H groups in total. The molecule has 5 heteroatoms. The Bertz CT molecular complexity index is 964. The highest BCUT2D eigenvalue weighted by atomic mass is 16.5. The summed E-state index contributed by atoms with van der Waals surface area (Å²) < 4.78 is 11.8. The number of methoxy groups -OCH3 is 1. The van der Waals surface area contributed by atoms with Crippen LogP contribution in [0.5, 0.6) is 5.75 Å². The average molecular weight is 267 g/mol. The number of rotatable bonds is 1. The first-order valence-electron chi connectivity index (χ1n) is 6.51. The number of nitrogens with zero attached hydrogens (tertiary/aromatic N) is 4. The minimum Gasteiger partial charge on any atom is -0.496 e. The van der Waals surface area contributed by atoms with Gasteiger partial charge in [-0.05, 0) is 19.1 Å². The fourth-order valence-corrected chi connectivity index (χ4v) is 2.98. The molecular formula is C15H15N4O+. The number of hydrogen-bond acceptors (Lipinski definition) is 2. The molecule has 5 nitrogen and oxygen atoms in total. The molecular weight excluding hydrogens is 252 g/mol. The Morgan fingerprint density at radius 3 is 2.85 bits per heavy atom. The van der Waals surface area contributed by atoms with Gasteiger partial charge in [0, 0.05) is 18.0 Å². The van der Waals surface area contributed by atoms with E-state index in [1.165, 1.54) is 5.39 Å².